The molecule has 0 unspecified atom stereocenters. The zero-order valence-corrected chi connectivity index (χ0v) is 12.5. The second-order valence-corrected chi connectivity index (χ2v) is 5.67. The van der Waals surface area contributed by atoms with E-state index in [1.54, 1.807) is 6.92 Å². The lowest BCUT2D eigenvalue weighted by atomic mass is 10.0. The molecule has 1 heterocycles. The summed E-state index contributed by atoms with van der Waals surface area (Å²) < 4.78 is 0. The predicted octanol–water partition coefficient (Wildman–Crippen LogP) is -0.436. The lowest BCUT2D eigenvalue weighted by Crippen LogP contribution is -2.52. The van der Waals surface area contributed by atoms with E-state index in [1.165, 1.54) is 0 Å². The maximum atomic E-state index is 11.2. The highest BCUT2D eigenvalue weighted by Crippen LogP contribution is 2.06. The molecular formula is C13H29N5O2. The van der Waals surface area contributed by atoms with Crippen LogP contribution in [-0.4, -0.2) is 62.8 Å². The third-order valence-corrected chi connectivity index (χ3v) is 3.57. The Morgan fingerprint density at radius 1 is 0.800 bits per heavy atom. The topological polar surface area (TPSA) is 91.3 Å². The van der Waals surface area contributed by atoms with Crippen LogP contribution in [-0.2, 0) is 0 Å². The maximum Gasteiger partial charge on any atom is 0.243 e. The molecule has 0 saturated carbocycles. The van der Waals surface area contributed by atoms with Crippen molar-refractivity contribution >= 4 is 0 Å². The minimum Gasteiger partial charge on any atom is -0.317 e. The van der Waals surface area contributed by atoms with E-state index in [0.717, 1.165) is 58.5 Å². The van der Waals surface area contributed by atoms with Gasteiger partial charge in [0, 0.05) is 11.8 Å². The van der Waals surface area contributed by atoms with Crippen LogP contribution in [0.1, 0.15) is 26.2 Å². The number of hydrogen-bond acceptors (Lipinski definition) is 6. The number of nitrogens with zero attached hydrogens (tertiary/aromatic N) is 1. The highest BCUT2D eigenvalue weighted by atomic mass is 16.6. The van der Waals surface area contributed by atoms with Gasteiger partial charge in [0.15, 0.2) is 0 Å². The maximum absolute atomic E-state index is 11.2. The average molecular weight is 287 g/mol. The SMILES string of the molecule is CC1([N+](=O)[O-])CNCCCNCCCNCCCNC1. The van der Waals surface area contributed by atoms with Crippen molar-refractivity contribution < 1.29 is 4.92 Å². The highest BCUT2D eigenvalue weighted by Gasteiger charge is 2.36. The fourth-order valence-corrected chi connectivity index (χ4v) is 2.17. The number of nitrogens with one attached hydrogen (secondary N) is 4. The molecule has 7 nitrogen and oxygen atoms in total. The Bertz CT molecular complexity index is 259. The lowest BCUT2D eigenvalue weighted by Gasteiger charge is -2.22. The van der Waals surface area contributed by atoms with Crippen LogP contribution in [0.15, 0.2) is 0 Å². The summed E-state index contributed by atoms with van der Waals surface area (Å²) in [6.07, 6.45) is 3.13. The van der Waals surface area contributed by atoms with Crippen LogP contribution in [0.2, 0.25) is 0 Å². The van der Waals surface area contributed by atoms with Crippen molar-refractivity contribution in [3.05, 3.63) is 10.1 Å². The molecule has 0 radical (unpaired) electrons. The minimum atomic E-state index is -0.933. The molecule has 1 aliphatic heterocycles. The molecule has 1 fully saturated rings. The van der Waals surface area contributed by atoms with Gasteiger partial charge in [-0.15, -0.1) is 0 Å². The van der Waals surface area contributed by atoms with Gasteiger partial charge in [0.1, 0.15) is 0 Å². The predicted molar refractivity (Wildman–Crippen MR) is 80.7 cm³/mol. The largest absolute Gasteiger partial charge is 0.317 e. The van der Waals surface area contributed by atoms with Crippen molar-refractivity contribution in [2.75, 3.05) is 52.4 Å². The van der Waals surface area contributed by atoms with E-state index in [-0.39, 0.29) is 4.92 Å². The molecule has 7 heteroatoms. The molecule has 20 heavy (non-hydrogen) atoms. The van der Waals surface area contributed by atoms with Crippen LogP contribution in [0.4, 0.5) is 0 Å². The molecule has 4 N–H and O–H groups in total. The van der Waals surface area contributed by atoms with Crippen molar-refractivity contribution in [1.29, 1.82) is 0 Å². The van der Waals surface area contributed by atoms with Crippen LogP contribution in [0.25, 0.3) is 0 Å². The Labute approximate surface area is 121 Å². The lowest BCUT2D eigenvalue weighted by molar-refractivity contribution is -0.560. The van der Waals surface area contributed by atoms with Gasteiger partial charge < -0.3 is 21.3 Å². The molecular weight excluding hydrogens is 258 g/mol. The first kappa shape index (κ1) is 17.3. The normalized spacial score (nSPS) is 24.1. The minimum absolute atomic E-state index is 0.174. The van der Waals surface area contributed by atoms with Gasteiger partial charge in [0.05, 0.1) is 13.1 Å². The summed E-state index contributed by atoms with van der Waals surface area (Å²) in [6, 6.07) is 0. The van der Waals surface area contributed by atoms with Crippen molar-refractivity contribution in [3.8, 4) is 0 Å². The molecule has 0 atom stereocenters. The molecule has 0 aromatic rings. The van der Waals surface area contributed by atoms with E-state index in [1.807, 2.05) is 0 Å². The zero-order valence-electron chi connectivity index (χ0n) is 12.5. The third kappa shape index (κ3) is 7.14. The summed E-state index contributed by atoms with van der Waals surface area (Å²) in [5.41, 5.74) is -0.933. The van der Waals surface area contributed by atoms with Gasteiger partial charge in [-0.1, -0.05) is 0 Å². The van der Waals surface area contributed by atoms with Crippen LogP contribution >= 0.6 is 0 Å². The van der Waals surface area contributed by atoms with E-state index in [0.29, 0.717) is 13.1 Å². The fraction of sp³-hybridized carbons (Fsp3) is 1.00. The van der Waals surface area contributed by atoms with Gasteiger partial charge in [0.25, 0.3) is 0 Å². The molecule has 0 spiro atoms. The van der Waals surface area contributed by atoms with Gasteiger partial charge in [-0.2, -0.15) is 0 Å². The van der Waals surface area contributed by atoms with Gasteiger partial charge in [-0.05, 0) is 58.5 Å². The molecule has 0 aliphatic carbocycles. The van der Waals surface area contributed by atoms with Crippen molar-refractivity contribution in [3.63, 3.8) is 0 Å². The second kappa shape index (κ2) is 10.0. The molecule has 0 bridgehead atoms. The fourth-order valence-electron chi connectivity index (χ4n) is 2.17. The van der Waals surface area contributed by atoms with Crippen LogP contribution in [0, 0.1) is 10.1 Å². The summed E-state index contributed by atoms with van der Waals surface area (Å²) in [5.74, 6) is 0. The van der Waals surface area contributed by atoms with Gasteiger partial charge in [0.2, 0.25) is 5.54 Å². The Morgan fingerprint density at radius 3 is 1.50 bits per heavy atom. The zero-order chi connectivity index (χ0) is 14.7. The van der Waals surface area contributed by atoms with E-state index in [9.17, 15) is 10.1 Å². The quantitative estimate of drug-likeness (QED) is 0.386. The summed E-state index contributed by atoms with van der Waals surface area (Å²) in [6.45, 7) is 8.11. The summed E-state index contributed by atoms with van der Waals surface area (Å²) in [4.78, 5) is 11.0. The van der Waals surface area contributed by atoms with Crippen molar-refractivity contribution in [2.45, 2.75) is 31.7 Å². The first-order valence-corrected chi connectivity index (χ1v) is 7.62. The average Bonchev–Trinajstić information content (AvgIpc) is 2.41. The highest BCUT2D eigenvalue weighted by molar-refractivity contribution is 4.79. The number of nitro groups is 1. The number of hydrogen-bond donors (Lipinski definition) is 4. The van der Waals surface area contributed by atoms with E-state index >= 15 is 0 Å². The monoisotopic (exact) mass is 287 g/mol. The van der Waals surface area contributed by atoms with E-state index in [2.05, 4.69) is 21.3 Å². The second-order valence-electron chi connectivity index (χ2n) is 5.67. The third-order valence-electron chi connectivity index (χ3n) is 3.57. The molecule has 0 aromatic heterocycles. The van der Waals surface area contributed by atoms with E-state index < -0.39 is 5.54 Å². The van der Waals surface area contributed by atoms with Crippen LogP contribution < -0.4 is 21.3 Å². The summed E-state index contributed by atoms with van der Waals surface area (Å²) >= 11 is 0. The molecule has 1 rings (SSSR count). The van der Waals surface area contributed by atoms with Gasteiger partial charge >= 0.3 is 0 Å². The van der Waals surface area contributed by atoms with Gasteiger partial charge in [-0.3, -0.25) is 10.1 Å². The molecule has 1 saturated heterocycles. The molecule has 0 aromatic carbocycles. The van der Waals surface area contributed by atoms with E-state index in [4.69, 9.17) is 0 Å². The summed E-state index contributed by atoms with van der Waals surface area (Å²) in [7, 11) is 0. The standard InChI is InChI=1S/C13H29N5O2/c1-13(18(19)20)11-16-9-3-7-14-5-2-6-15-8-4-10-17-12-13/h14-17H,2-12H2,1H3. The van der Waals surface area contributed by atoms with Gasteiger partial charge in [-0.25, -0.2) is 0 Å². The Balaban J connectivity index is 2.38. The molecule has 0 amide bonds. The Hall–Kier alpha value is -0.760. The number of rotatable bonds is 1. The Morgan fingerprint density at radius 2 is 1.15 bits per heavy atom. The first-order valence-electron chi connectivity index (χ1n) is 7.62. The van der Waals surface area contributed by atoms with Crippen molar-refractivity contribution in [2.24, 2.45) is 0 Å². The van der Waals surface area contributed by atoms with Crippen LogP contribution in [0.5, 0.6) is 0 Å². The molecule has 118 valence electrons. The van der Waals surface area contributed by atoms with Crippen molar-refractivity contribution in [1.82, 2.24) is 21.3 Å². The first-order chi connectivity index (χ1) is 9.65. The smallest absolute Gasteiger partial charge is 0.243 e. The molecule has 1 aliphatic rings. The Kier molecular flexibility index (Phi) is 8.68. The van der Waals surface area contributed by atoms with Crippen LogP contribution in [0.3, 0.4) is 0 Å². The summed E-state index contributed by atoms with van der Waals surface area (Å²) in [5, 5.41) is 24.4.